The summed E-state index contributed by atoms with van der Waals surface area (Å²) < 4.78 is 5.45. The first-order valence-electron chi connectivity index (χ1n) is 11.5. The summed E-state index contributed by atoms with van der Waals surface area (Å²) in [5.41, 5.74) is -0.285. The number of hydrogen-bond donors (Lipinski definition) is 1. The van der Waals surface area contributed by atoms with Gasteiger partial charge in [0.1, 0.15) is 6.04 Å². The number of amides is 4. The number of carbonyl (C=O) groups excluding carboxylic acids is 4. The monoisotopic (exact) mass is 417 g/mol. The molecule has 0 unspecified atom stereocenters. The van der Waals surface area contributed by atoms with Crippen molar-refractivity contribution in [2.45, 2.75) is 70.4 Å². The molecule has 8 nitrogen and oxygen atoms in total. The predicted molar refractivity (Wildman–Crippen MR) is 106 cm³/mol. The standard InChI is InChI=1S/C22H31N3O5/c1-13(18(26)25-6-4-23-21(25)29)30-19(27)17-3-2-5-24(17)20(28)22-10-14-7-15(11-22)9-16(8-14)12-22/h13-17H,2-12H2,1H3,(H,23,29)/t13-,14?,15?,16?,17-,22?/m1/s1. The number of nitrogens with zero attached hydrogens (tertiary/aromatic N) is 2. The lowest BCUT2D eigenvalue weighted by Crippen LogP contribution is -2.56. The second-order valence-electron chi connectivity index (χ2n) is 10.2. The van der Waals surface area contributed by atoms with Gasteiger partial charge in [0.15, 0.2) is 6.10 Å². The summed E-state index contributed by atoms with van der Waals surface area (Å²) in [6.45, 7) is 2.75. The van der Waals surface area contributed by atoms with Crippen LogP contribution in [-0.4, -0.2) is 65.4 Å². The quantitative estimate of drug-likeness (QED) is 0.702. The van der Waals surface area contributed by atoms with E-state index in [1.165, 1.54) is 26.2 Å². The number of likely N-dealkylation sites (tertiary alicyclic amines) is 1. The minimum atomic E-state index is -1.04. The Bertz CT molecular complexity index is 745. The fourth-order valence-corrected chi connectivity index (χ4v) is 7.14. The van der Waals surface area contributed by atoms with E-state index >= 15 is 0 Å². The van der Waals surface area contributed by atoms with Crippen molar-refractivity contribution in [1.82, 2.24) is 15.1 Å². The van der Waals surface area contributed by atoms with Crippen molar-refractivity contribution in [3.05, 3.63) is 0 Å². The van der Waals surface area contributed by atoms with Gasteiger partial charge in [0, 0.05) is 19.6 Å². The van der Waals surface area contributed by atoms with E-state index in [2.05, 4.69) is 5.32 Å². The van der Waals surface area contributed by atoms with Gasteiger partial charge in [0.2, 0.25) is 5.91 Å². The van der Waals surface area contributed by atoms with Gasteiger partial charge >= 0.3 is 12.0 Å². The lowest BCUT2D eigenvalue weighted by atomic mass is 9.49. The third kappa shape index (κ3) is 3.19. The number of imide groups is 1. The van der Waals surface area contributed by atoms with Crippen LogP contribution in [0.4, 0.5) is 4.79 Å². The topological polar surface area (TPSA) is 96.0 Å². The summed E-state index contributed by atoms with van der Waals surface area (Å²) in [6, 6.07) is -1.07. The first-order chi connectivity index (χ1) is 14.4. The Morgan fingerprint density at radius 3 is 2.27 bits per heavy atom. The molecule has 30 heavy (non-hydrogen) atoms. The first kappa shape index (κ1) is 19.8. The van der Waals surface area contributed by atoms with E-state index in [1.807, 2.05) is 0 Å². The maximum absolute atomic E-state index is 13.7. The fraction of sp³-hybridized carbons (Fsp3) is 0.818. The maximum Gasteiger partial charge on any atom is 0.329 e. The molecular weight excluding hydrogens is 386 g/mol. The van der Waals surface area contributed by atoms with Gasteiger partial charge in [0.25, 0.3) is 5.91 Å². The van der Waals surface area contributed by atoms with Crippen LogP contribution in [0.3, 0.4) is 0 Å². The lowest BCUT2D eigenvalue weighted by Gasteiger charge is -2.56. The number of nitrogens with one attached hydrogen (secondary N) is 1. The highest BCUT2D eigenvalue weighted by molar-refractivity contribution is 5.98. The zero-order valence-electron chi connectivity index (χ0n) is 17.6. The molecule has 4 bridgehead atoms. The number of ether oxygens (including phenoxy) is 1. The zero-order valence-corrected chi connectivity index (χ0v) is 17.6. The molecule has 0 spiro atoms. The van der Waals surface area contributed by atoms with E-state index in [1.54, 1.807) is 4.90 Å². The van der Waals surface area contributed by atoms with Crippen LogP contribution < -0.4 is 5.32 Å². The van der Waals surface area contributed by atoms with Gasteiger partial charge in [-0.05, 0) is 76.0 Å². The number of rotatable bonds is 4. The van der Waals surface area contributed by atoms with Crippen molar-refractivity contribution in [3.8, 4) is 0 Å². The van der Waals surface area contributed by atoms with Gasteiger partial charge in [-0.25, -0.2) is 9.59 Å². The number of esters is 1. The maximum atomic E-state index is 13.7. The van der Waals surface area contributed by atoms with Crippen LogP contribution >= 0.6 is 0 Å². The molecule has 8 heteroatoms. The number of hydrogen-bond acceptors (Lipinski definition) is 5. The SMILES string of the molecule is C[C@@H](OC(=O)[C@H]1CCCN1C(=O)C12CC3CC(CC(C3)C1)C2)C(=O)N1CCNC1=O. The molecular formula is C22H31N3O5. The summed E-state index contributed by atoms with van der Waals surface area (Å²) in [6.07, 6.45) is 7.00. The third-order valence-corrected chi connectivity index (χ3v) is 8.04. The Balaban J connectivity index is 1.26. The fourth-order valence-electron chi connectivity index (χ4n) is 7.14. The summed E-state index contributed by atoms with van der Waals surface area (Å²) >= 11 is 0. The normalized spacial score (nSPS) is 38.0. The van der Waals surface area contributed by atoms with E-state index in [4.69, 9.17) is 4.74 Å². The van der Waals surface area contributed by atoms with Gasteiger partial charge in [-0.15, -0.1) is 0 Å². The summed E-state index contributed by atoms with van der Waals surface area (Å²) in [7, 11) is 0. The molecule has 4 amide bonds. The largest absolute Gasteiger partial charge is 0.451 e. The second kappa shape index (κ2) is 7.24. The molecule has 2 atom stereocenters. The Morgan fingerprint density at radius 1 is 1.07 bits per heavy atom. The second-order valence-corrected chi connectivity index (χ2v) is 10.2. The molecule has 4 aliphatic carbocycles. The highest BCUT2D eigenvalue weighted by Gasteiger charge is 2.57. The molecule has 0 radical (unpaired) electrons. The van der Waals surface area contributed by atoms with Crippen molar-refractivity contribution < 1.29 is 23.9 Å². The average molecular weight is 418 g/mol. The molecule has 0 aromatic rings. The molecule has 0 aromatic heterocycles. The van der Waals surface area contributed by atoms with Crippen molar-refractivity contribution in [3.63, 3.8) is 0 Å². The first-order valence-corrected chi connectivity index (χ1v) is 11.5. The summed E-state index contributed by atoms with van der Waals surface area (Å²) in [5, 5.41) is 2.57. The van der Waals surface area contributed by atoms with Crippen LogP contribution in [0, 0.1) is 23.2 Å². The molecule has 6 aliphatic rings. The third-order valence-electron chi connectivity index (χ3n) is 8.04. The Hall–Kier alpha value is -2.12. The Kier molecular flexibility index (Phi) is 4.78. The highest BCUT2D eigenvalue weighted by Crippen LogP contribution is 2.60. The highest BCUT2D eigenvalue weighted by atomic mass is 16.5. The molecule has 6 rings (SSSR count). The van der Waals surface area contributed by atoms with E-state index in [0.717, 1.165) is 30.6 Å². The number of carbonyl (C=O) groups is 4. The van der Waals surface area contributed by atoms with E-state index in [9.17, 15) is 19.2 Å². The summed E-state index contributed by atoms with van der Waals surface area (Å²) in [4.78, 5) is 53.6. The Labute approximate surface area is 176 Å². The predicted octanol–water partition coefficient (Wildman–Crippen LogP) is 1.68. The van der Waals surface area contributed by atoms with Crippen molar-refractivity contribution in [2.75, 3.05) is 19.6 Å². The molecule has 2 heterocycles. The molecule has 4 saturated carbocycles. The van der Waals surface area contributed by atoms with Gasteiger partial charge in [0.05, 0.1) is 5.41 Å². The average Bonchev–Trinajstić information content (AvgIpc) is 3.34. The summed E-state index contributed by atoms with van der Waals surface area (Å²) in [5.74, 6) is 1.09. The van der Waals surface area contributed by atoms with Gasteiger partial charge in [-0.2, -0.15) is 0 Å². The van der Waals surface area contributed by atoms with Gasteiger partial charge in [-0.1, -0.05) is 0 Å². The minimum Gasteiger partial charge on any atom is -0.451 e. The molecule has 2 saturated heterocycles. The van der Waals surface area contributed by atoms with E-state index < -0.39 is 30.1 Å². The van der Waals surface area contributed by atoms with Crippen LogP contribution in [0.15, 0.2) is 0 Å². The van der Waals surface area contributed by atoms with Crippen molar-refractivity contribution in [2.24, 2.45) is 23.2 Å². The van der Waals surface area contributed by atoms with E-state index in [-0.39, 0.29) is 17.9 Å². The van der Waals surface area contributed by atoms with Crippen LogP contribution in [-0.2, 0) is 19.1 Å². The number of urea groups is 1. The molecule has 6 fully saturated rings. The Morgan fingerprint density at radius 2 is 1.70 bits per heavy atom. The lowest BCUT2D eigenvalue weighted by molar-refractivity contribution is -0.169. The van der Waals surface area contributed by atoms with Gasteiger partial charge < -0.3 is 15.0 Å². The van der Waals surface area contributed by atoms with Crippen LogP contribution in [0.2, 0.25) is 0 Å². The van der Waals surface area contributed by atoms with Crippen LogP contribution in [0.5, 0.6) is 0 Å². The van der Waals surface area contributed by atoms with Crippen LogP contribution in [0.1, 0.15) is 58.3 Å². The van der Waals surface area contributed by atoms with Crippen molar-refractivity contribution >= 4 is 23.8 Å². The van der Waals surface area contributed by atoms with Crippen LogP contribution in [0.25, 0.3) is 0 Å². The molecule has 0 aromatic carbocycles. The zero-order chi connectivity index (χ0) is 21.0. The van der Waals surface area contributed by atoms with Gasteiger partial charge in [-0.3, -0.25) is 14.5 Å². The smallest absolute Gasteiger partial charge is 0.329 e. The molecule has 2 aliphatic heterocycles. The molecule has 1 N–H and O–H groups in total. The molecule has 164 valence electrons. The minimum absolute atomic E-state index is 0.138. The van der Waals surface area contributed by atoms with Crippen molar-refractivity contribution in [1.29, 1.82) is 0 Å². The van der Waals surface area contributed by atoms with E-state index in [0.29, 0.717) is 37.3 Å².